The molecule has 0 unspecified atom stereocenters. The first-order valence-corrected chi connectivity index (χ1v) is 5.30. The first-order chi connectivity index (χ1) is 7.41. The number of hydrogen-bond donors (Lipinski definition) is 1. The molecule has 6 heteroatoms. The Balaban J connectivity index is 3.16. The fourth-order valence-electron chi connectivity index (χ4n) is 1.14. The molecule has 2 N–H and O–H groups in total. The van der Waals surface area contributed by atoms with Crippen LogP contribution in [0.4, 0.5) is 14.5 Å². The Morgan fingerprint density at radius 3 is 2.75 bits per heavy atom. The van der Waals surface area contributed by atoms with E-state index >= 15 is 0 Å². The summed E-state index contributed by atoms with van der Waals surface area (Å²) in [7, 11) is 0. The van der Waals surface area contributed by atoms with E-state index in [0.717, 1.165) is 6.07 Å². The molecule has 0 aliphatic heterocycles. The van der Waals surface area contributed by atoms with E-state index < -0.39 is 17.5 Å². The molecular formula is C10H10BrF2NO2. The van der Waals surface area contributed by atoms with E-state index in [1.165, 1.54) is 19.1 Å². The third-order valence-electron chi connectivity index (χ3n) is 1.92. The summed E-state index contributed by atoms with van der Waals surface area (Å²) in [6.45, 7) is 1.35. The number of nitrogen functional groups attached to an aromatic ring is 1. The predicted octanol–water partition coefficient (Wildman–Crippen LogP) is 2.69. The summed E-state index contributed by atoms with van der Waals surface area (Å²) in [6, 6.07) is 3.99. The zero-order chi connectivity index (χ0) is 12.3. The molecule has 0 bridgehead atoms. The van der Waals surface area contributed by atoms with Crippen molar-refractivity contribution < 1.29 is 18.3 Å². The van der Waals surface area contributed by atoms with Crippen LogP contribution in [0.3, 0.4) is 0 Å². The number of nitrogens with two attached hydrogens (primary N) is 1. The van der Waals surface area contributed by atoms with Crippen LogP contribution in [-0.4, -0.2) is 12.6 Å². The smallest absolute Gasteiger partial charge is 0.382 e. The molecule has 0 spiro atoms. The maximum Gasteiger partial charge on any atom is 0.382 e. The highest BCUT2D eigenvalue weighted by Crippen LogP contribution is 2.36. The SMILES string of the molecule is CCOC(=O)C(F)(F)c1cccc(Br)c1N. The number of carbonyl (C=O) groups excluding carboxylic acids is 1. The quantitative estimate of drug-likeness (QED) is 0.689. The van der Waals surface area contributed by atoms with Crippen LogP contribution in [0.1, 0.15) is 12.5 Å². The van der Waals surface area contributed by atoms with Gasteiger partial charge in [-0.3, -0.25) is 0 Å². The number of benzene rings is 1. The lowest BCUT2D eigenvalue weighted by molar-refractivity contribution is -0.173. The number of anilines is 1. The van der Waals surface area contributed by atoms with Gasteiger partial charge in [-0.2, -0.15) is 8.78 Å². The fraction of sp³-hybridized carbons (Fsp3) is 0.300. The molecule has 0 saturated heterocycles. The Kier molecular flexibility index (Phi) is 3.85. The van der Waals surface area contributed by atoms with E-state index in [1.54, 1.807) is 0 Å². The minimum Gasteiger partial charge on any atom is -0.461 e. The van der Waals surface area contributed by atoms with Gasteiger partial charge in [0.25, 0.3) is 0 Å². The van der Waals surface area contributed by atoms with Crippen LogP contribution in [0.15, 0.2) is 22.7 Å². The topological polar surface area (TPSA) is 52.3 Å². The van der Waals surface area contributed by atoms with E-state index in [9.17, 15) is 13.6 Å². The van der Waals surface area contributed by atoms with Crippen molar-refractivity contribution in [1.29, 1.82) is 0 Å². The van der Waals surface area contributed by atoms with E-state index in [0.29, 0.717) is 4.47 Å². The molecule has 0 aliphatic rings. The molecule has 0 heterocycles. The van der Waals surface area contributed by atoms with Crippen molar-refractivity contribution in [3.63, 3.8) is 0 Å². The summed E-state index contributed by atoms with van der Waals surface area (Å²) in [5, 5.41) is 0. The monoisotopic (exact) mass is 293 g/mol. The van der Waals surface area contributed by atoms with Crippen LogP contribution < -0.4 is 5.73 Å². The second-order valence-electron chi connectivity index (χ2n) is 3.00. The molecule has 0 aliphatic carbocycles. The normalized spacial score (nSPS) is 11.2. The van der Waals surface area contributed by atoms with E-state index in [4.69, 9.17) is 5.73 Å². The molecule has 0 atom stereocenters. The molecule has 16 heavy (non-hydrogen) atoms. The van der Waals surface area contributed by atoms with Gasteiger partial charge in [-0.05, 0) is 28.9 Å². The van der Waals surface area contributed by atoms with Crippen LogP contribution in [0.5, 0.6) is 0 Å². The molecular weight excluding hydrogens is 284 g/mol. The van der Waals surface area contributed by atoms with Crippen LogP contribution >= 0.6 is 15.9 Å². The average Bonchev–Trinajstić information content (AvgIpc) is 2.22. The van der Waals surface area contributed by atoms with Gasteiger partial charge in [-0.15, -0.1) is 0 Å². The third kappa shape index (κ3) is 2.32. The fourth-order valence-corrected chi connectivity index (χ4v) is 1.51. The van der Waals surface area contributed by atoms with Gasteiger partial charge in [-0.1, -0.05) is 12.1 Å². The molecule has 1 rings (SSSR count). The standard InChI is InChI=1S/C10H10BrF2NO2/c1-2-16-9(15)10(12,13)6-4-3-5-7(11)8(6)14/h3-5H,2,14H2,1H3. The predicted molar refractivity (Wildman–Crippen MR) is 59.1 cm³/mol. The van der Waals surface area contributed by atoms with Crippen molar-refractivity contribution in [2.75, 3.05) is 12.3 Å². The highest BCUT2D eigenvalue weighted by atomic mass is 79.9. The minimum atomic E-state index is -3.73. The Labute approximate surface area is 99.7 Å². The van der Waals surface area contributed by atoms with Gasteiger partial charge in [0.1, 0.15) is 0 Å². The number of hydrogen-bond acceptors (Lipinski definition) is 3. The second kappa shape index (κ2) is 4.78. The van der Waals surface area contributed by atoms with Crippen molar-refractivity contribution in [3.8, 4) is 0 Å². The van der Waals surface area contributed by atoms with Crippen molar-refractivity contribution in [1.82, 2.24) is 0 Å². The van der Waals surface area contributed by atoms with Crippen LogP contribution in [-0.2, 0) is 15.5 Å². The van der Waals surface area contributed by atoms with Gasteiger partial charge in [-0.25, -0.2) is 4.79 Å². The molecule has 3 nitrogen and oxygen atoms in total. The van der Waals surface area contributed by atoms with Crippen LogP contribution in [0, 0.1) is 0 Å². The van der Waals surface area contributed by atoms with Crippen molar-refractivity contribution in [3.05, 3.63) is 28.2 Å². The van der Waals surface area contributed by atoms with E-state index in [1.807, 2.05) is 0 Å². The molecule has 88 valence electrons. The van der Waals surface area contributed by atoms with Gasteiger partial charge in [0, 0.05) is 4.47 Å². The van der Waals surface area contributed by atoms with Gasteiger partial charge >= 0.3 is 11.9 Å². The molecule has 0 radical (unpaired) electrons. The van der Waals surface area contributed by atoms with Gasteiger partial charge in [0.15, 0.2) is 0 Å². The molecule has 0 aromatic heterocycles. The third-order valence-corrected chi connectivity index (χ3v) is 2.61. The first kappa shape index (κ1) is 12.9. The lowest BCUT2D eigenvalue weighted by Crippen LogP contribution is -2.29. The van der Waals surface area contributed by atoms with Crippen molar-refractivity contribution in [2.24, 2.45) is 0 Å². The number of carbonyl (C=O) groups is 1. The summed E-state index contributed by atoms with van der Waals surface area (Å²) in [6.07, 6.45) is 0. The van der Waals surface area contributed by atoms with Gasteiger partial charge in [0.05, 0.1) is 17.9 Å². The van der Waals surface area contributed by atoms with Crippen molar-refractivity contribution in [2.45, 2.75) is 12.8 Å². The minimum absolute atomic E-state index is 0.109. The van der Waals surface area contributed by atoms with Gasteiger partial charge < -0.3 is 10.5 Å². The Hall–Kier alpha value is -1.17. The highest BCUT2D eigenvalue weighted by Gasteiger charge is 2.44. The molecule has 0 fully saturated rings. The molecule has 0 amide bonds. The van der Waals surface area contributed by atoms with Crippen LogP contribution in [0.25, 0.3) is 0 Å². The lowest BCUT2D eigenvalue weighted by atomic mass is 10.1. The zero-order valence-corrected chi connectivity index (χ0v) is 10.1. The van der Waals surface area contributed by atoms with Gasteiger partial charge in [0.2, 0.25) is 0 Å². The summed E-state index contributed by atoms with van der Waals surface area (Å²) in [4.78, 5) is 11.1. The summed E-state index contributed by atoms with van der Waals surface area (Å²) >= 11 is 3.02. The number of alkyl halides is 2. The number of halogens is 3. The maximum atomic E-state index is 13.6. The number of rotatable bonds is 3. The van der Waals surface area contributed by atoms with Crippen LogP contribution in [0.2, 0.25) is 0 Å². The van der Waals surface area contributed by atoms with E-state index in [2.05, 4.69) is 20.7 Å². The average molecular weight is 294 g/mol. The molecule has 1 aromatic carbocycles. The number of ether oxygens (including phenoxy) is 1. The second-order valence-corrected chi connectivity index (χ2v) is 3.85. The number of para-hydroxylation sites is 1. The maximum absolute atomic E-state index is 13.6. The Morgan fingerprint density at radius 2 is 2.19 bits per heavy atom. The summed E-state index contributed by atoms with van der Waals surface area (Å²) < 4.78 is 31.8. The zero-order valence-electron chi connectivity index (χ0n) is 8.47. The van der Waals surface area contributed by atoms with E-state index in [-0.39, 0.29) is 12.3 Å². The molecule has 1 aromatic rings. The Morgan fingerprint density at radius 1 is 1.56 bits per heavy atom. The lowest BCUT2D eigenvalue weighted by Gasteiger charge is -2.17. The summed E-state index contributed by atoms with van der Waals surface area (Å²) in [5.41, 5.74) is 4.75. The first-order valence-electron chi connectivity index (χ1n) is 4.50. The highest BCUT2D eigenvalue weighted by molar-refractivity contribution is 9.10. The summed E-state index contributed by atoms with van der Waals surface area (Å²) in [5.74, 6) is -5.33. The van der Waals surface area contributed by atoms with Crippen molar-refractivity contribution >= 4 is 27.6 Å². The Bertz CT molecular complexity index is 410. The molecule has 0 saturated carbocycles. The largest absolute Gasteiger partial charge is 0.461 e. The number of esters is 1.